The predicted octanol–water partition coefficient (Wildman–Crippen LogP) is 3.12. The van der Waals surface area contributed by atoms with Gasteiger partial charge in [-0.25, -0.2) is 0 Å². The van der Waals surface area contributed by atoms with Gasteiger partial charge in [0, 0.05) is 19.5 Å². The van der Waals surface area contributed by atoms with E-state index in [-0.39, 0.29) is 5.91 Å². The molecule has 0 unspecified atom stereocenters. The lowest BCUT2D eigenvalue weighted by molar-refractivity contribution is -0.120. The third-order valence-electron chi connectivity index (χ3n) is 3.70. The Morgan fingerprint density at radius 1 is 1.14 bits per heavy atom. The Morgan fingerprint density at radius 2 is 1.82 bits per heavy atom. The van der Waals surface area contributed by atoms with E-state index < -0.39 is 0 Å². The van der Waals surface area contributed by atoms with Crippen molar-refractivity contribution in [1.29, 1.82) is 0 Å². The number of hydrogen-bond donors (Lipinski definition) is 1. The number of ether oxygens (including phenoxy) is 1. The van der Waals surface area contributed by atoms with E-state index in [0.717, 1.165) is 31.7 Å². The molecule has 1 amide bonds. The summed E-state index contributed by atoms with van der Waals surface area (Å²) in [6.07, 6.45) is 5.93. The largest absolute Gasteiger partial charge is 0.494 e. The first-order valence-electron chi connectivity index (χ1n) is 8.02. The smallest absolute Gasteiger partial charge is 0.226 e. The maximum Gasteiger partial charge on any atom is 0.226 e. The number of nitrogens with zero attached hydrogens (tertiary/aromatic N) is 1. The Morgan fingerprint density at radius 3 is 2.50 bits per heavy atom. The highest BCUT2D eigenvalue weighted by molar-refractivity contribution is 7.80. The van der Waals surface area contributed by atoms with Crippen molar-refractivity contribution in [2.75, 3.05) is 19.7 Å². The third kappa shape index (κ3) is 6.02. The number of likely N-dealkylation sites (tertiary alicyclic amines) is 1. The first-order chi connectivity index (χ1) is 10.8. The summed E-state index contributed by atoms with van der Waals surface area (Å²) in [6, 6.07) is 9.64. The molecule has 1 aliphatic rings. The van der Waals surface area contributed by atoms with Gasteiger partial charge in [-0.1, -0.05) is 31.0 Å². The van der Waals surface area contributed by atoms with Gasteiger partial charge in [0.1, 0.15) is 5.75 Å². The highest BCUT2D eigenvalue weighted by atomic mass is 32.1. The van der Waals surface area contributed by atoms with E-state index in [1.54, 1.807) is 0 Å². The van der Waals surface area contributed by atoms with Gasteiger partial charge in [-0.15, -0.1) is 0 Å². The summed E-state index contributed by atoms with van der Waals surface area (Å²) in [5.74, 6) is 0.814. The Bertz CT molecular complexity index is 471. The summed E-state index contributed by atoms with van der Waals surface area (Å²) in [7, 11) is 0. The van der Waals surface area contributed by atoms with Crippen LogP contribution in [0.3, 0.4) is 0 Å². The van der Waals surface area contributed by atoms with Crippen LogP contribution in [-0.4, -0.2) is 35.6 Å². The average Bonchev–Trinajstić information content (AvgIpc) is 2.82. The van der Waals surface area contributed by atoms with E-state index in [4.69, 9.17) is 17.0 Å². The monoisotopic (exact) mass is 320 g/mol. The topological polar surface area (TPSA) is 41.6 Å². The van der Waals surface area contributed by atoms with Crippen molar-refractivity contribution in [2.45, 2.75) is 38.5 Å². The van der Waals surface area contributed by atoms with Gasteiger partial charge in [0.15, 0.2) is 5.11 Å². The molecule has 1 aliphatic heterocycles. The van der Waals surface area contributed by atoms with Crippen molar-refractivity contribution >= 4 is 23.2 Å². The van der Waals surface area contributed by atoms with E-state index in [9.17, 15) is 4.79 Å². The Hall–Kier alpha value is -1.62. The molecule has 1 fully saturated rings. The zero-order valence-corrected chi connectivity index (χ0v) is 13.7. The van der Waals surface area contributed by atoms with Crippen LogP contribution < -0.4 is 10.1 Å². The lowest BCUT2D eigenvalue weighted by Crippen LogP contribution is -2.43. The zero-order valence-electron chi connectivity index (χ0n) is 12.9. The standard InChI is InChI=1S/C17H24N2O2S/c20-16(11-8-14-21-15-9-4-3-5-10-15)18-17(22)19-12-6-1-2-7-13-19/h3-5,9-10H,1-2,6-8,11-14H2,(H,18,20,22). The van der Waals surface area contributed by atoms with Gasteiger partial charge in [0.2, 0.25) is 5.91 Å². The fraction of sp³-hybridized carbons (Fsp3) is 0.529. The number of benzene rings is 1. The minimum atomic E-state index is -0.0223. The van der Waals surface area contributed by atoms with E-state index in [0.29, 0.717) is 24.6 Å². The van der Waals surface area contributed by atoms with Gasteiger partial charge >= 0.3 is 0 Å². The summed E-state index contributed by atoms with van der Waals surface area (Å²) in [4.78, 5) is 14.0. The highest BCUT2D eigenvalue weighted by Gasteiger charge is 2.14. The van der Waals surface area contributed by atoms with Crippen LogP contribution in [0.1, 0.15) is 38.5 Å². The molecule has 4 nitrogen and oxygen atoms in total. The van der Waals surface area contributed by atoms with Crippen LogP contribution in [0.2, 0.25) is 0 Å². The van der Waals surface area contributed by atoms with Gasteiger partial charge < -0.3 is 15.0 Å². The number of para-hydroxylation sites is 1. The van der Waals surface area contributed by atoms with Crippen molar-refractivity contribution in [3.05, 3.63) is 30.3 Å². The lowest BCUT2D eigenvalue weighted by Gasteiger charge is -2.23. The third-order valence-corrected chi connectivity index (χ3v) is 4.06. The van der Waals surface area contributed by atoms with Crippen molar-refractivity contribution in [1.82, 2.24) is 10.2 Å². The fourth-order valence-electron chi connectivity index (χ4n) is 2.47. The van der Waals surface area contributed by atoms with Crippen molar-refractivity contribution in [3.63, 3.8) is 0 Å². The molecule has 2 rings (SSSR count). The maximum atomic E-state index is 11.9. The van der Waals surface area contributed by atoms with Crippen LogP contribution in [0.4, 0.5) is 0 Å². The van der Waals surface area contributed by atoms with Crippen molar-refractivity contribution < 1.29 is 9.53 Å². The van der Waals surface area contributed by atoms with Crippen LogP contribution in [0.15, 0.2) is 30.3 Å². The molecule has 22 heavy (non-hydrogen) atoms. The van der Waals surface area contributed by atoms with Gasteiger partial charge in [-0.3, -0.25) is 4.79 Å². The van der Waals surface area contributed by atoms with Crippen LogP contribution in [0.25, 0.3) is 0 Å². The summed E-state index contributed by atoms with van der Waals surface area (Å²) in [5.41, 5.74) is 0. The number of carbonyl (C=O) groups excluding carboxylic acids is 1. The minimum Gasteiger partial charge on any atom is -0.494 e. The fourth-order valence-corrected chi connectivity index (χ4v) is 2.77. The quantitative estimate of drug-likeness (QED) is 0.668. The Labute approximate surface area is 137 Å². The molecule has 1 N–H and O–H groups in total. The van der Waals surface area contributed by atoms with E-state index in [2.05, 4.69) is 10.2 Å². The van der Waals surface area contributed by atoms with Gasteiger partial charge in [0.05, 0.1) is 6.61 Å². The molecule has 5 heteroatoms. The molecular formula is C17H24N2O2S. The summed E-state index contributed by atoms with van der Waals surface area (Å²) < 4.78 is 5.57. The number of hydrogen-bond acceptors (Lipinski definition) is 3. The van der Waals surface area contributed by atoms with E-state index in [1.807, 2.05) is 30.3 Å². The molecule has 1 heterocycles. The molecule has 0 radical (unpaired) electrons. The molecule has 0 aliphatic carbocycles. The molecular weight excluding hydrogens is 296 g/mol. The molecule has 0 bridgehead atoms. The predicted molar refractivity (Wildman–Crippen MR) is 92.0 cm³/mol. The second kappa shape index (κ2) is 9.41. The SMILES string of the molecule is O=C(CCCOc1ccccc1)NC(=S)N1CCCCCC1. The number of amides is 1. The molecule has 0 spiro atoms. The van der Waals surface area contributed by atoms with Crippen LogP contribution in [-0.2, 0) is 4.79 Å². The summed E-state index contributed by atoms with van der Waals surface area (Å²) >= 11 is 5.33. The average molecular weight is 320 g/mol. The first kappa shape index (κ1) is 16.7. The lowest BCUT2D eigenvalue weighted by atomic mass is 10.2. The zero-order chi connectivity index (χ0) is 15.6. The van der Waals surface area contributed by atoms with Gasteiger partial charge in [-0.2, -0.15) is 0 Å². The number of rotatable bonds is 5. The molecule has 1 aromatic rings. The molecule has 0 aromatic heterocycles. The second-order valence-electron chi connectivity index (χ2n) is 5.52. The van der Waals surface area contributed by atoms with E-state index >= 15 is 0 Å². The molecule has 0 atom stereocenters. The minimum absolute atomic E-state index is 0.0223. The van der Waals surface area contributed by atoms with Crippen LogP contribution >= 0.6 is 12.2 Å². The molecule has 120 valence electrons. The Kier molecular flexibility index (Phi) is 7.16. The second-order valence-corrected chi connectivity index (χ2v) is 5.91. The Balaban J connectivity index is 1.61. The van der Waals surface area contributed by atoms with Crippen LogP contribution in [0, 0.1) is 0 Å². The number of thiocarbonyl (C=S) groups is 1. The van der Waals surface area contributed by atoms with Crippen molar-refractivity contribution in [3.8, 4) is 5.75 Å². The molecule has 1 saturated heterocycles. The number of carbonyl (C=O) groups is 1. The first-order valence-corrected chi connectivity index (χ1v) is 8.43. The number of nitrogens with one attached hydrogen (secondary N) is 1. The maximum absolute atomic E-state index is 11.9. The summed E-state index contributed by atoms with van der Waals surface area (Å²) in [6.45, 7) is 2.44. The van der Waals surface area contributed by atoms with Gasteiger partial charge in [0.25, 0.3) is 0 Å². The highest BCUT2D eigenvalue weighted by Crippen LogP contribution is 2.10. The van der Waals surface area contributed by atoms with Crippen LogP contribution in [0.5, 0.6) is 5.75 Å². The normalized spacial score (nSPS) is 15.0. The molecule has 1 aromatic carbocycles. The van der Waals surface area contributed by atoms with E-state index in [1.165, 1.54) is 12.8 Å². The van der Waals surface area contributed by atoms with Gasteiger partial charge in [-0.05, 0) is 43.6 Å². The summed E-state index contributed by atoms with van der Waals surface area (Å²) in [5, 5.41) is 3.42. The molecule has 0 saturated carbocycles. The van der Waals surface area contributed by atoms with Crippen molar-refractivity contribution in [2.24, 2.45) is 0 Å².